The van der Waals surface area contributed by atoms with Crippen LogP contribution in [-0.4, -0.2) is 18.1 Å². The van der Waals surface area contributed by atoms with Crippen LogP contribution in [0.2, 0.25) is 0 Å². The lowest BCUT2D eigenvalue weighted by molar-refractivity contribution is 0.264. The average molecular weight is 274 g/mol. The zero-order valence-electron chi connectivity index (χ0n) is 12.9. The topological polar surface area (TPSA) is 38.0 Å². The molecule has 0 saturated heterocycles. The molecular weight excluding hydrogens is 244 g/mol. The Labute approximate surface area is 124 Å². The second kappa shape index (κ2) is 7.80. The first-order chi connectivity index (χ1) is 9.78. The van der Waals surface area contributed by atoms with Crippen molar-refractivity contribution in [3.05, 3.63) is 35.9 Å². The Hall–Kier alpha value is -0.860. The van der Waals surface area contributed by atoms with Crippen molar-refractivity contribution >= 4 is 0 Å². The van der Waals surface area contributed by atoms with Gasteiger partial charge in [0, 0.05) is 18.1 Å². The molecule has 2 heteroatoms. The van der Waals surface area contributed by atoms with E-state index in [0.717, 1.165) is 19.4 Å². The summed E-state index contributed by atoms with van der Waals surface area (Å²) in [7, 11) is 0. The first-order valence-electron chi connectivity index (χ1n) is 8.30. The van der Waals surface area contributed by atoms with Gasteiger partial charge in [0.05, 0.1) is 0 Å². The number of rotatable bonds is 6. The van der Waals surface area contributed by atoms with Crippen molar-refractivity contribution in [1.82, 2.24) is 5.32 Å². The van der Waals surface area contributed by atoms with Gasteiger partial charge in [0.1, 0.15) is 0 Å². The molecule has 0 amide bonds. The fourth-order valence-corrected chi connectivity index (χ4v) is 3.40. The van der Waals surface area contributed by atoms with Gasteiger partial charge in [0.15, 0.2) is 0 Å². The molecule has 0 spiro atoms. The Morgan fingerprint density at radius 1 is 1.10 bits per heavy atom. The first-order valence-corrected chi connectivity index (χ1v) is 8.30. The van der Waals surface area contributed by atoms with Crippen LogP contribution in [0.4, 0.5) is 0 Å². The van der Waals surface area contributed by atoms with Crippen molar-refractivity contribution in [2.24, 2.45) is 5.73 Å². The minimum absolute atomic E-state index is 0.0658. The van der Waals surface area contributed by atoms with E-state index in [1.165, 1.54) is 44.1 Å². The summed E-state index contributed by atoms with van der Waals surface area (Å²) in [5, 5.41) is 3.93. The van der Waals surface area contributed by atoms with Crippen molar-refractivity contribution in [2.45, 2.75) is 69.9 Å². The Morgan fingerprint density at radius 3 is 2.30 bits per heavy atom. The largest absolute Gasteiger partial charge is 0.329 e. The summed E-state index contributed by atoms with van der Waals surface area (Å²) in [6.45, 7) is 2.98. The zero-order chi connectivity index (χ0) is 14.3. The van der Waals surface area contributed by atoms with Gasteiger partial charge in [-0.25, -0.2) is 0 Å². The Morgan fingerprint density at radius 2 is 1.75 bits per heavy atom. The van der Waals surface area contributed by atoms with Gasteiger partial charge in [0.2, 0.25) is 0 Å². The maximum Gasteiger partial charge on any atom is 0.0344 e. The quantitative estimate of drug-likeness (QED) is 0.777. The number of nitrogens with two attached hydrogens (primary N) is 1. The zero-order valence-corrected chi connectivity index (χ0v) is 12.9. The van der Waals surface area contributed by atoms with E-state index in [2.05, 4.69) is 42.6 Å². The first kappa shape index (κ1) is 15.5. The van der Waals surface area contributed by atoms with Crippen LogP contribution in [0.15, 0.2) is 30.3 Å². The van der Waals surface area contributed by atoms with Crippen LogP contribution in [0.1, 0.15) is 57.4 Å². The summed E-state index contributed by atoms with van der Waals surface area (Å²) in [4.78, 5) is 0. The Kier molecular flexibility index (Phi) is 6.06. The van der Waals surface area contributed by atoms with Gasteiger partial charge >= 0.3 is 0 Å². The van der Waals surface area contributed by atoms with Crippen molar-refractivity contribution in [2.75, 3.05) is 6.54 Å². The van der Waals surface area contributed by atoms with E-state index < -0.39 is 0 Å². The maximum atomic E-state index is 6.16. The molecule has 0 radical (unpaired) electrons. The summed E-state index contributed by atoms with van der Waals surface area (Å²) in [6.07, 6.45) is 10.3. The third kappa shape index (κ3) is 4.32. The molecule has 1 aromatic rings. The van der Waals surface area contributed by atoms with Crippen LogP contribution in [0, 0.1) is 0 Å². The molecule has 1 aromatic carbocycles. The van der Waals surface area contributed by atoms with Crippen LogP contribution >= 0.6 is 0 Å². The van der Waals surface area contributed by atoms with E-state index in [1.54, 1.807) is 0 Å². The molecule has 2 rings (SSSR count). The molecule has 112 valence electrons. The lowest BCUT2D eigenvalue weighted by atomic mass is 9.86. The van der Waals surface area contributed by atoms with E-state index in [-0.39, 0.29) is 5.54 Å². The van der Waals surface area contributed by atoms with Crippen molar-refractivity contribution in [3.8, 4) is 0 Å². The minimum Gasteiger partial charge on any atom is -0.329 e. The second-order valence-electron chi connectivity index (χ2n) is 6.33. The monoisotopic (exact) mass is 274 g/mol. The smallest absolute Gasteiger partial charge is 0.0344 e. The Balaban J connectivity index is 2.03. The fraction of sp³-hybridized carbons (Fsp3) is 0.667. The number of hydrogen-bond donors (Lipinski definition) is 2. The number of nitrogens with one attached hydrogen (secondary N) is 1. The summed E-state index contributed by atoms with van der Waals surface area (Å²) in [5.41, 5.74) is 7.62. The van der Waals surface area contributed by atoms with Gasteiger partial charge < -0.3 is 11.1 Å². The summed E-state index contributed by atoms with van der Waals surface area (Å²) in [6, 6.07) is 11.4. The van der Waals surface area contributed by atoms with Crippen LogP contribution in [0.5, 0.6) is 0 Å². The molecule has 0 heterocycles. The van der Waals surface area contributed by atoms with Crippen LogP contribution in [0.25, 0.3) is 0 Å². The Bertz CT molecular complexity index is 362. The predicted molar refractivity (Wildman–Crippen MR) is 86.8 cm³/mol. The highest BCUT2D eigenvalue weighted by Crippen LogP contribution is 2.23. The van der Waals surface area contributed by atoms with Crippen molar-refractivity contribution < 1.29 is 0 Å². The summed E-state index contributed by atoms with van der Waals surface area (Å²) in [5.74, 6) is 0. The highest BCUT2D eigenvalue weighted by molar-refractivity contribution is 5.18. The molecule has 20 heavy (non-hydrogen) atoms. The van der Waals surface area contributed by atoms with E-state index in [9.17, 15) is 0 Å². The normalized spacial score (nSPS) is 20.3. The van der Waals surface area contributed by atoms with Gasteiger partial charge in [-0.2, -0.15) is 0 Å². The van der Waals surface area contributed by atoms with Crippen LogP contribution < -0.4 is 11.1 Å². The molecule has 1 saturated carbocycles. The second-order valence-corrected chi connectivity index (χ2v) is 6.33. The molecule has 3 N–H and O–H groups in total. The molecule has 1 atom stereocenters. The molecule has 0 aromatic heterocycles. The van der Waals surface area contributed by atoms with Gasteiger partial charge in [0.25, 0.3) is 0 Å². The summed E-state index contributed by atoms with van der Waals surface area (Å²) < 4.78 is 0. The summed E-state index contributed by atoms with van der Waals surface area (Å²) >= 11 is 0. The van der Waals surface area contributed by atoms with Gasteiger partial charge in [-0.3, -0.25) is 0 Å². The molecule has 0 aliphatic heterocycles. The van der Waals surface area contributed by atoms with E-state index in [4.69, 9.17) is 5.73 Å². The molecule has 1 aliphatic rings. The van der Waals surface area contributed by atoms with Gasteiger partial charge in [-0.05, 0) is 31.2 Å². The highest BCUT2D eigenvalue weighted by atomic mass is 15.0. The molecule has 2 nitrogen and oxygen atoms in total. The highest BCUT2D eigenvalue weighted by Gasteiger charge is 2.29. The third-order valence-corrected chi connectivity index (χ3v) is 4.82. The third-order valence-electron chi connectivity index (χ3n) is 4.82. The average Bonchev–Trinajstić information content (AvgIpc) is 2.76. The number of hydrogen-bond acceptors (Lipinski definition) is 2. The van der Waals surface area contributed by atoms with E-state index in [0.29, 0.717) is 6.04 Å². The SMILES string of the molecule is CCC(CN)(Cc1ccccc1)NC1CCCCCC1. The van der Waals surface area contributed by atoms with Gasteiger partial charge in [-0.1, -0.05) is 62.9 Å². The van der Waals surface area contributed by atoms with Gasteiger partial charge in [-0.15, -0.1) is 0 Å². The lowest BCUT2D eigenvalue weighted by Gasteiger charge is -2.37. The van der Waals surface area contributed by atoms with Crippen LogP contribution in [-0.2, 0) is 6.42 Å². The van der Waals surface area contributed by atoms with E-state index >= 15 is 0 Å². The van der Waals surface area contributed by atoms with Crippen molar-refractivity contribution in [3.63, 3.8) is 0 Å². The molecule has 0 bridgehead atoms. The molecular formula is C18H30N2. The standard InChI is InChI=1S/C18H30N2/c1-2-18(15-19,14-16-10-6-5-7-11-16)20-17-12-8-3-4-9-13-17/h5-7,10-11,17,20H,2-4,8-9,12-15,19H2,1H3. The molecule has 1 fully saturated rings. The maximum absolute atomic E-state index is 6.16. The number of benzene rings is 1. The molecule has 1 unspecified atom stereocenters. The van der Waals surface area contributed by atoms with Crippen LogP contribution in [0.3, 0.4) is 0 Å². The van der Waals surface area contributed by atoms with Crippen molar-refractivity contribution in [1.29, 1.82) is 0 Å². The predicted octanol–water partition coefficient (Wildman–Crippen LogP) is 3.65. The minimum atomic E-state index is 0.0658. The molecule has 1 aliphatic carbocycles. The fourth-order valence-electron chi connectivity index (χ4n) is 3.40. The lowest BCUT2D eigenvalue weighted by Crippen LogP contribution is -2.56. The van der Waals surface area contributed by atoms with E-state index in [1.807, 2.05) is 0 Å².